The highest BCUT2D eigenvalue weighted by atomic mass is 28.4. The quantitative estimate of drug-likeness (QED) is 0.312. The third-order valence-corrected chi connectivity index (χ3v) is 11.7. The average Bonchev–Trinajstić information content (AvgIpc) is 2.80. The summed E-state index contributed by atoms with van der Waals surface area (Å²) in [6.45, 7) is 11.5. The van der Waals surface area contributed by atoms with Crippen LogP contribution in [0.1, 0.15) is 66.2 Å². The van der Waals surface area contributed by atoms with E-state index in [1.54, 1.807) is 0 Å². The first kappa shape index (κ1) is 25.2. The highest BCUT2D eigenvalue weighted by Gasteiger charge is 2.49. The van der Waals surface area contributed by atoms with E-state index in [0.717, 1.165) is 32.7 Å². The minimum atomic E-state index is -2.40. The first-order valence-corrected chi connectivity index (χ1v) is 14.4. The SMILES string of the molecule is CCO[C@@H]1OCCC[C@H]1CCCCCO[Si](c1ccccc1)(c1ccccc1)C(C)(C)C. The Kier molecular flexibility index (Phi) is 9.54. The Bertz CT molecular complexity index is 731. The molecule has 1 fully saturated rings. The maximum Gasteiger partial charge on any atom is 0.261 e. The molecular formula is C28H42O3Si. The van der Waals surface area contributed by atoms with Crippen LogP contribution >= 0.6 is 0 Å². The number of hydrogen-bond acceptors (Lipinski definition) is 3. The molecule has 0 saturated carbocycles. The van der Waals surface area contributed by atoms with Crippen molar-refractivity contribution in [3.63, 3.8) is 0 Å². The zero-order chi connectivity index (χ0) is 22.9. The average molecular weight is 455 g/mol. The van der Waals surface area contributed by atoms with E-state index in [2.05, 4.69) is 88.4 Å². The Labute approximate surface area is 196 Å². The topological polar surface area (TPSA) is 27.7 Å². The van der Waals surface area contributed by atoms with Gasteiger partial charge in [0.1, 0.15) is 0 Å². The van der Waals surface area contributed by atoms with Gasteiger partial charge in [-0.3, -0.25) is 0 Å². The van der Waals surface area contributed by atoms with Crippen molar-refractivity contribution in [3.8, 4) is 0 Å². The maximum absolute atomic E-state index is 7.01. The van der Waals surface area contributed by atoms with Crippen LogP contribution in [0.2, 0.25) is 5.04 Å². The fourth-order valence-corrected chi connectivity index (χ4v) is 9.72. The van der Waals surface area contributed by atoms with Gasteiger partial charge in [0.2, 0.25) is 0 Å². The highest BCUT2D eigenvalue weighted by molar-refractivity contribution is 6.99. The molecule has 0 aliphatic carbocycles. The largest absolute Gasteiger partial charge is 0.407 e. The predicted octanol–water partition coefficient (Wildman–Crippen LogP) is 5.91. The predicted molar refractivity (Wildman–Crippen MR) is 136 cm³/mol. The van der Waals surface area contributed by atoms with Crippen molar-refractivity contribution in [1.29, 1.82) is 0 Å². The molecule has 4 heteroatoms. The minimum absolute atomic E-state index is 0.00195. The molecule has 0 bridgehead atoms. The molecule has 1 aliphatic heterocycles. The van der Waals surface area contributed by atoms with Crippen molar-refractivity contribution < 1.29 is 13.9 Å². The lowest BCUT2D eigenvalue weighted by molar-refractivity contribution is -0.191. The van der Waals surface area contributed by atoms with Gasteiger partial charge < -0.3 is 13.9 Å². The summed E-state index contributed by atoms with van der Waals surface area (Å²) in [5.41, 5.74) is 0. The van der Waals surface area contributed by atoms with Crippen LogP contribution in [0.3, 0.4) is 0 Å². The third-order valence-electron chi connectivity index (χ3n) is 6.67. The molecule has 3 rings (SSSR count). The van der Waals surface area contributed by atoms with Gasteiger partial charge in [-0.2, -0.15) is 0 Å². The van der Waals surface area contributed by atoms with Crippen LogP contribution in [0.4, 0.5) is 0 Å². The standard InChI is InChI=1S/C28H42O3Si/c1-5-29-27-24(17-15-22-30-27)16-9-8-14-23-31-32(28(2,3)4,25-18-10-6-11-19-25)26-20-12-7-13-21-26/h6-7,10-13,18-21,24,27H,5,8-9,14-17,22-23H2,1-4H3/t24-,27-/m1/s1. The van der Waals surface area contributed by atoms with Gasteiger partial charge in [-0.15, -0.1) is 0 Å². The van der Waals surface area contributed by atoms with Crippen LogP contribution in [-0.4, -0.2) is 34.4 Å². The summed E-state index contributed by atoms with van der Waals surface area (Å²) in [5, 5.41) is 2.76. The van der Waals surface area contributed by atoms with Crippen molar-refractivity contribution >= 4 is 18.7 Å². The van der Waals surface area contributed by atoms with Crippen molar-refractivity contribution in [1.82, 2.24) is 0 Å². The molecule has 1 saturated heterocycles. The summed E-state index contributed by atoms with van der Waals surface area (Å²) in [6, 6.07) is 21.9. The van der Waals surface area contributed by atoms with Gasteiger partial charge in [0.05, 0.1) is 0 Å². The Balaban J connectivity index is 1.63. The van der Waals surface area contributed by atoms with E-state index in [1.165, 1.54) is 36.1 Å². The van der Waals surface area contributed by atoms with E-state index >= 15 is 0 Å². The van der Waals surface area contributed by atoms with E-state index in [0.29, 0.717) is 5.92 Å². The second-order valence-electron chi connectivity index (χ2n) is 9.96. The normalized spacial score (nSPS) is 19.8. The lowest BCUT2D eigenvalue weighted by Crippen LogP contribution is -2.66. The lowest BCUT2D eigenvalue weighted by Gasteiger charge is -2.43. The van der Waals surface area contributed by atoms with Gasteiger partial charge in [0.25, 0.3) is 8.32 Å². The van der Waals surface area contributed by atoms with Gasteiger partial charge in [0, 0.05) is 25.7 Å². The monoisotopic (exact) mass is 454 g/mol. The van der Waals surface area contributed by atoms with Crippen LogP contribution in [-0.2, 0) is 13.9 Å². The zero-order valence-electron chi connectivity index (χ0n) is 20.5. The molecule has 2 atom stereocenters. The second kappa shape index (κ2) is 12.1. The van der Waals surface area contributed by atoms with Crippen molar-refractivity contribution in [2.45, 2.75) is 77.5 Å². The molecule has 0 spiro atoms. The van der Waals surface area contributed by atoms with E-state index in [1.807, 2.05) is 0 Å². The van der Waals surface area contributed by atoms with E-state index in [4.69, 9.17) is 13.9 Å². The molecule has 176 valence electrons. The van der Waals surface area contributed by atoms with Crippen LogP contribution in [0.15, 0.2) is 60.7 Å². The molecule has 32 heavy (non-hydrogen) atoms. The fourth-order valence-electron chi connectivity index (χ4n) is 5.12. The Morgan fingerprint density at radius 2 is 1.53 bits per heavy atom. The summed E-state index contributed by atoms with van der Waals surface area (Å²) >= 11 is 0. The molecule has 1 heterocycles. The van der Waals surface area contributed by atoms with Gasteiger partial charge in [-0.05, 0) is 48.0 Å². The van der Waals surface area contributed by atoms with Crippen LogP contribution in [0.25, 0.3) is 0 Å². The molecule has 1 aliphatic rings. The van der Waals surface area contributed by atoms with Crippen molar-refractivity contribution in [2.24, 2.45) is 5.92 Å². The van der Waals surface area contributed by atoms with Gasteiger partial charge in [0.15, 0.2) is 6.29 Å². The summed E-state index contributed by atoms with van der Waals surface area (Å²) < 4.78 is 18.7. The molecule has 3 nitrogen and oxygen atoms in total. The molecule has 2 aromatic carbocycles. The van der Waals surface area contributed by atoms with Crippen LogP contribution in [0.5, 0.6) is 0 Å². The number of rotatable bonds is 11. The number of ether oxygens (including phenoxy) is 2. The number of unbranched alkanes of at least 4 members (excludes halogenated alkanes) is 2. The molecule has 0 unspecified atom stereocenters. The zero-order valence-corrected chi connectivity index (χ0v) is 21.5. The summed E-state index contributed by atoms with van der Waals surface area (Å²) in [6.07, 6.45) is 7.06. The fraction of sp³-hybridized carbons (Fsp3) is 0.571. The molecule has 2 aromatic rings. The summed E-state index contributed by atoms with van der Waals surface area (Å²) in [7, 11) is -2.40. The Morgan fingerprint density at radius 3 is 2.09 bits per heavy atom. The maximum atomic E-state index is 7.01. The minimum Gasteiger partial charge on any atom is -0.407 e. The van der Waals surface area contributed by atoms with E-state index < -0.39 is 8.32 Å². The van der Waals surface area contributed by atoms with Gasteiger partial charge in [-0.1, -0.05) is 94.3 Å². The first-order chi connectivity index (χ1) is 15.5. The Hall–Kier alpha value is -1.46. The third kappa shape index (κ3) is 6.10. The van der Waals surface area contributed by atoms with E-state index in [-0.39, 0.29) is 11.3 Å². The summed E-state index contributed by atoms with van der Waals surface area (Å²) in [5.74, 6) is 0.543. The first-order valence-electron chi connectivity index (χ1n) is 12.5. The summed E-state index contributed by atoms with van der Waals surface area (Å²) in [4.78, 5) is 0. The lowest BCUT2D eigenvalue weighted by atomic mass is 9.94. The molecular weight excluding hydrogens is 412 g/mol. The smallest absolute Gasteiger partial charge is 0.261 e. The second-order valence-corrected chi connectivity index (χ2v) is 14.3. The van der Waals surface area contributed by atoms with Crippen molar-refractivity contribution in [2.75, 3.05) is 19.8 Å². The molecule has 0 amide bonds. The molecule has 0 aromatic heterocycles. The van der Waals surface area contributed by atoms with Gasteiger partial charge in [-0.25, -0.2) is 0 Å². The highest BCUT2D eigenvalue weighted by Crippen LogP contribution is 2.37. The molecule has 0 N–H and O–H groups in total. The molecule has 0 radical (unpaired) electrons. The Morgan fingerprint density at radius 1 is 0.906 bits per heavy atom. The van der Waals surface area contributed by atoms with Crippen molar-refractivity contribution in [3.05, 3.63) is 60.7 Å². The number of hydrogen-bond donors (Lipinski definition) is 0. The van der Waals surface area contributed by atoms with Gasteiger partial charge >= 0.3 is 0 Å². The van der Waals surface area contributed by atoms with E-state index in [9.17, 15) is 0 Å². The van der Waals surface area contributed by atoms with Crippen LogP contribution in [0, 0.1) is 5.92 Å². The number of benzene rings is 2. The van der Waals surface area contributed by atoms with Crippen LogP contribution < -0.4 is 10.4 Å².